The number of Topliss-reactive ketones (excluding diaryl/α,β-unsaturated/α-hetero) is 2. The maximum absolute atomic E-state index is 12.4. The molecule has 0 atom stereocenters. The third-order valence-corrected chi connectivity index (χ3v) is 5.01. The van der Waals surface area contributed by atoms with Crippen molar-refractivity contribution >= 4 is 34.9 Å². The molecule has 3 nitrogen and oxygen atoms in total. The Kier molecular flexibility index (Phi) is 6.00. The number of carbonyl (C=O) groups is 2. The highest BCUT2D eigenvalue weighted by Crippen LogP contribution is 2.34. The zero-order valence-electron chi connectivity index (χ0n) is 12.0. The van der Waals surface area contributed by atoms with Crippen LogP contribution in [0.25, 0.3) is 0 Å². The second kappa shape index (κ2) is 7.76. The molecule has 0 aliphatic heterocycles. The van der Waals surface area contributed by atoms with E-state index in [1.807, 2.05) is 0 Å². The van der Waals surface area contributed by atoms with Crippen LogP contribution in [0.2, 0.25) is 0 Å². The average Bonchev–Trinajstić information content (AvgIpc) is 2.51. The molecule has 0 N–H and O–H groups in total. The summed E-state index contributed by atoms with van der Waals surface area (Å²) in [5.74, 6) is 0.283. The summed E-state index contributed by atoms with van der Waals surface area (Å²) < 4.78 is 0. The number of carbonyl (C=O) groups excluding carboxylic acids is 2. The van der Waals surface area contributed by atoms with Crippen LogP contribution in [0.15, 0.2) is 28.3 Å². The Bertz CT molecular complexity index is 583. The molecule has 1 aromatic rings. The standard InChI is InChI=1S/C16H18ClNO2S/c1-2-3-4-5-6-10-21-16-12(17)15(20)13-11(14(16)19)8-7-9-18-13/h7-9H,2-6,10H2,1H3. The lowest BCUT2D eigenvalue weighted by molar-refractivity contribution is 0.0984. The second-order valence-corrected chi connectivity index (χ2v) is 6.45. The van der Waals surface area contributed by atoms with Crippen molar-refractivity contribution in [2.45, 2.75) is 39.0 Å². The minimum atomic E-state index is -0.347. The minimum Gasteiger partial charge on any atom is -0.288 e. The van der Waals surface area contributed by atoms with Gasteiger partial charge >= 0.3 is 0 Å². The topological polar surface area (TPSA) is 47.0 Å². The molecule has 112 valence electrons. The van der Waals surface area contributed by atoms with E-state index in [-0.39, 0.29) is 22.3 Å². The molecular weight excluding hydrogens is 306 g/mol. The maximum atomic E-state index is 12.4. The van der Waals surface area contributed by atoms with Gasteiger partial charge in [0.15, 0.2) is 0 Å². The van der Waals surface area contributed by atoms with Gasteiger partial charge in [-0.25, -0.2) is 0 Å². The third kappa shape index (κ3) is 3.74. The highest BCUT2D eigenvalue weighted by Gasteiger charge is 2.32. The molecule has 0 saturated heterocycles. The number of fused-ring (bicyclic) bond motifs is 1. The summed E-state index contributed by atoms with van der Waals surface area (Å²) in [5.41, 5.74) is 0.528. The molecule has 0 spiro atoms. The van der Waals surface area contributed by atoms with E-state index in [2.05, 4.69) is 11.9 Å². The van der Waals surface area contributed by atoms with Crippen molar-refractivity contribution in [3.05, 3.63) is 39.5 Å². The van der Waals surface area contributed by atoms with Crippen LogP contribution in [0.3, 0.4) is 0 Å². The zero-order chi connectivity index (χ0) is 15.2. The van der Waals surface area contributed by atoms with E-state index in [1.54, 1.807) is 12.1 Å². The van der Waals surface area contributed by atoms with Crippen LogP contribution < -0.4 is 0 Å². The Morgan fingerprint density at radius 1 is 1.14 bits per heavy atom. The zero-order valence-corrected chi connectivity index (χ0v) is 13.6. The van der Waals surface area contributed by atoms with Crippen LogP contribution in [0.1, 0.15) is 59.9 Å². The average molecular weight is 324 g/mol. The van der Waals surface area contributed by atoms with Crippen LogP contribution >= 0.6 is 23.4 Å². The number of ketones is 2. The molecule has 0 amide bonds. The van der Waals surface area contributed by atoms with E-state index in [9.17, 15) is 9.59 Å². The number of hydrogen-bond acceptors (Lipinski definition) is 4. The number of unbranched alkanes of at least 4 members (excludes halogenated alkanes) is 4. The van der Waals surface area contributed by atoms with E-state index >= 15 is 0 Å². The van der Waals surface area contributed by atoms with Gasteiger partial charge in [-0.3, -0.25) is 14.6 Å². The number of thioether (sulfide) groups is 1. The molecule has 1 aromatic heterocycles. The van der Waals surface area contributed by atoms with Crippen LogP contribution in [-0.4, -0.2) is 22.3 Å². The second-order valence-electron chi connectivity index (χ2n) is 4.96. The van der Waals surface area contributed by atoms with Gasteiger partial charge in [0, 0.05) is 6.20 Å². The Labute approximate surface area is 134 Å². The van der Waals surface area contributed by atoms with Gasteiger partial charge in [-0.2, -0.15) is 0 Å². The summed E-state index contributed by atoms with van der Waals surface area (Å²) in [5, 5.41) is 0.0183. The first-order chi connectivity index (χ1) is 10.2. The SMILES string of the molecule is CCCCCCCSC1=C(Cl)C(=O)c2ncccc2C1=O. The molecule has 21 heavy (non-hydrogen) atoms. The Balaban J connectivity index is 2.01. The van der Waals surface area contributed by atoms with Crippen LogP contribution in [0.4, 0.5) is 0 Å². The molecule has 1 aliphatic carbocycles. The monoisotopic (exact) mass is 323 g/mol. The highest BCUT2D eigenvalue weighted by atomic mass is 35.5. The van der Waals surface area contributed by atoms with Gasteiger partial charge in [-0.05, 0) is 24.3 Å². The number of nitrogens with zero attached hydrogens (tertiary/aromatic N) is 1. The fourth-order valence-electron chi connectivity index (χ4n) is 2.21. The quantitative estimate of drug-likeness (QED) is 0.687. The molecule has 2 rings (SSSR count). The number of rotatable bonds is 7. The predicted molar refractivity (Wildman–Crippen MR) is 87.0 cm³/mol. The molecule has 0 bridgehead atoms. The number of pyridine rings is 1. The molecule has 0 aromatic carbocycles. The van der Waals surface area contributed by atoms with Gasteiger partial charge in [-0.1, -0.05) is 44.2 Å². The predicted octanol–water partition coefficient (Wildman–Crippen LogP) is 4.61. The molecule has 0 radical (unpaired) electrons. The van der Waals surface area contributed by atoms with E-state index < -0.39 is 0 Å². The molecule has 1 aliphatic rings. The lowest BCUT2D eigenvalue weighted by Gasteiger charge is -2.16. The number of hydrogen-bond donors (Lipinski definition) is 0. The first kappa shape index (κ1) is 16.2. The summed E-state index contributed by atoms with van der Waals surface area (Å²) in [4.78, 5) is 28.9. The van der Waals surface area contributed by atoms with Crippen LogP contribution in [0, 0.1) is 0 Å². The first-order valence-electron chi connectivity index (χ1n) is 7.23. The minimum absolute atomic E-state index is 0.0183. The summed E-state index contributed by atoms with van der Waals surface area (Å²) in [6, 6.07) is 3.30. The van der Waals surface area contributed by atoms with Crippen molar-refractivity contribution < 1.29 is 9.59 Å². The van der Waals surface area contributed by atoms with E-state index in [4.69, 9.17) is 11.6 Å². The van der Waals surface area contributed by atoms with Crippen LogP contribution in [-0.2, 0) is 0 Å². The molecule has 0 unspecified atom stereocenters. The fraction of sp³-hybridized carbons (Fsp3) is 0.438. The molecule has 1 heterocycles. The number of allylic oxidation sites excluding steroid dienone is 2. The number of aromatic nitrogens is 1. The van der Waals surface area contributed by atoms with Gasteiger partial charge in [0.25, 0.3) is 0 Å². The van der Waals surface area contributed by atoms with Crippen molar-refractivity contribution in [3.8, 4) is 0 Å². The lowest BCUT2D eigenvalue weighted by atomic mass is 10.00. The Hall–Kier alpha value is -1.13. The van der Waals surface area contributed by atoms with E-state index in [0.29, 0.717) is 10.5 Å². The van der Waals surface area contributed by atoms with E-state index in [0.717, 1.165) is 18.6 Å². The van der Waals surface area contributed by atoms with Crippen molar-refractivity contribution in [2.24, 2.45) is 0 Å². The summed E-state index contributed by atoms with van der Waals surface area (Å²) in [7, 11) is 0. The third-order valence-electron chi connectivity index (χ3n) is 3.37. The van der Waals surface area contributed by atoms with Gasteiger partial charge in [0.05, 0.1) is 10.5 Å². The Morgan fingerprint density at radius 3 is 2.67 bits per heavy atom. The smallest absolute Gasteiger partial charge is 0.224 e. The maximum Gasteiger partial charge on any atom is 0.224 e. The summed E-state index contributed by atoms with van der Waals surface area (Å²) in [6.45, 7) is 2.18. The van der Waals surface area contributed by atoms with Crippen molar-refractivity contribution in [1.29, 1.82) is 0 Å². The van der Waals surface area contributed by atoms with Crippen molar-refractivity contribution in [3.63, 3.8) is 0 Å². The lowest BCUT2D eigenvalue weighted by Crippen LogP contribution is -2.20. The fourth-order valence-corrected chi connectivity index (χ4v) is 3.56. The van der Waals surface area contributed by atoms with Crippen LogP contribution in [0.5, 0.6) is 0 Å². The highest BCUT2D eigenvalue weighted by molar-refractivity contribution is 8.04. The van der Waals surface area contributed by atoms with Gasteiger partial charge in [0.1, 0.15) is 10.7 Å². The molecule has 0 fully saturated rings. The van der Waals surface area contributed by atoms with Gasteiger partial charge < -0.3 is 0 Å². The molecular formula is C16H18ClNO2S. The van der Waals surface area contributed by atoms with Gasteiger partial charge in [-0.15, -0.1) is 11.8 Å². The number of halogens is 1. The van der Waals surface area contributed by atoms with Crippen molar-refractivity contribution in [2.75, 3.05) is 5.75 Å². The molecule has 0 saturated carbocycles. The summed E-state index contributed by atoms with van der Waals surface area (Å²) >= 11 is 7.46. The van der Waals surface area contributed by atoms with Crippen molar-refractivity contribution in [1.82, 2.24) is 4.98 Å². The largest absolute Gasteiger partial charge is 0.288 e. The summed E-state index contributed by atoms with van der Waals surface area (Å²) in [6.07, 6.45) is 7.33. The van der Waals surface area contributed by atoms with E-state index in [1.165, 1.54) is 37.2 Å². The first-order valence-corrected chi connectivity index (χ1v) is 8.60. The Morgan fingerprint density at radius 2 is 1.90 bits per heavy atom. The van der Waals surface area contributed by atoms with Gasteiger partial charge in [0.2, 0.25) is 11.6 Å². The molecule has 5 heteroatoms. The normalized spacial score (nSPS) is 14.6.